The molecule has 18 heavy (non-hydrogen) atoms. The highest BCUT2D eigenvalue weighted by molar-refractivity contribution is 5.94. The number of ether oxygens (including phenoxy) is 1. The van der Waals surface area contributed by atoms with Crippen LogP contribution in [-0.4, -0.2) is 37.7 Å². The molecule has 0 radical (unpaired) electrons. The second-order valence-corrected chi connectivity index (χ2v) is 4.50. The Labute approximate surface area is 107 Å². The summed E-state index contributed by atoms with van der Waals surface area (Å²) in [7, 11) is 0. The highest BCUT2D eigenvalue weighted by Crippen LogP contribution is 2.07. The molecule has 5 nitrogen and oxygen atoms in total. The van der Waals surface area contributed by atoms with E-state index in [-0.39, 0.29) is 18.1 Å². The zero-order valence-corrected chi connectivity index (χ0v) is 10.5. The zero-order chi connectivity index (χ0) is 13.0. The minimum atomic E-state index is -0.100. The number of nitrogens with one attached hydrogen (secondary N) is 2. The number of hydrogen-bond acceptors (Lipinski definition) is 4. The van der Waals surface area contributed by atoms with Gasteiger partial charge in [-0.05, 0) is 31.2 Å². The molecule has 0 spiro atoms. The number of nitrogens with two attached hydrogens (primary N) is 1. The minimum absolute atomic E-state index is 0.0245. The summed E-state index contributed by atoms with van der Waals surface area (Å²) in [6, 6.07) is 6.86. The molecule has 1 aliphatic heterocycles. The zero-order valence-electron chi connectivity index (χ0n) is 10.5. The van der Waals surface area contributed by atoms with Crippen molar-refractivity contribution in [2.75, 3.05) is 25.4 Å². The molecule has 2 unspecified atom stereocenters. The van der Waals surface area contributed by atoms with Crippen LogP contribution in [0.1, 0.15) is 17.3 Å². The molecule has 1 amide bonds. The number of hydrogen-bond donors (Lipinski definition) is 3. The van der Waals surface area contributed by atoms with Crippen LogP contribution < -0.4 is 16.4 Å². The number of nitrogen functional groups attached to an aromatic ring is 1. The summed E-state index contributed by atoms with van der Waals surface area (Å²) in [5.41, 5.74) is 6.85. The Hall–Kier alpha value is -1.59. The summed E-state index contributed by atoms with van der Waals surface area (Å²) in [6.07, 6.45) is 0.0245. The fourth-order valence-electron chi connectivity index (χ4n) is 1.92. The van der Waals surface area contributed by atoms with E-state index in [0.717, 1.165) is 13.1 Å². The number of morpholine rings is 1. The molecule has 1 heterocycles. The summed E-state index contributed by atoms with van der Waals surface area (Å²) in [5, 5.41) is 6.18. The summed E-state index contributed by atoms with van der Waals surface area (Å²) < 4.78 is 5.60. The van der Waals surface area contributed by atoms with Crippen LogP contribution >= 0.6 is 0 Å². The molecule has 1 aromatic carbocycles. The van der Waals surface area contributed by atoms with Crippen molar-refractivity contribution in [2.45, 2.75) is 19.1 Å². The van der Waals surface area contributed by atoms with Crippen LogP contribution in [0.2, 0.25) is 0 Å². The van der Waals surface area contributed by atoms with Crippen LogP contribution in [0.15, 0.2) is 24.3 Å². The van der Waals surface area contributed by atoms with Crippen molar-refractivity contribution in [3.05, 3.63) is 29.8 Å². The van der Waals surface area contributed by atoms with E-state index >= 15 is 0 Å². The molecule has 0 saturated carbocycles. The number of carbonyl (C=O) groups is 1. The van der Waals surface area contributed by atoms with Gasteiger partial charge in [0, 0.05) is 24.3 Å². The van der Waals surface area contributed by atoms with E-state index in [2.05, 4.69) is 10.6 Å². The van der Waals surface area contributed by atoms with Crippen LogP contribution in [-0.2, 0) is 4.74 Å². The molecular formula is C13H19N3O2. The van der Waals surface area contributed by atoms with Crippen LogP contribution in [0.3, 0.4) is 0 Å². The van der Waals surface area contributed by atoms with Gasteiger partial charge >= 0.3 is 0 Å². The van der Waals surface area contributed by atoms with Gasteiger partial charge in [0.05, 0.1) is 18.8 Å². The quantitative estimate of drug-likeness (QED) is 0.677. The maximum Gasteiger partial charge on any atom is 0.251 e. The van der Waals surface area contributed by atoms with Crippen molar-refractivity contribution < 1.29 is 9.53 Å². The van der Waals surface area contributed by atoms with Crippen LogP contribution in [0, 0.1) is 0 Å². The second kappa shape index (κ2) is 5.84. The van der Waals surface area contributed by atoms with E-state index in [1.54, 1.807) is 24.3 Å². The summed E-state index contributed by atoms with van der Waals surface area (Å²) in [4.78, 5) is 12.0. The van der Waals surface area contributed by atoms with Gasteiger partial charge in [-0.3, -0.25) is 4.79 Å². The first-order valence-corrected chi connectivity index (χ1v) is 6.15. The minimum Gasteiger partial charge on any atom is -0.399 e. The van der Waals surface area contributed by atoms with E-state index in [1.807, 2.05) is 6.92 Å². The van der Waals surface area contributed by atoms with Gasteiger partial charge in [0.25, 0.3) is 5.91 Å². The van der Waals surface area contributed by atoms with Crippen LogP contribution in [0.25, 0.3) is 0 Å². The van der Waals surface area contributed by atoms with Crippen molar-refractivity contribution in [1.82, 2.24) is 10.6 Å². The van der Waals surface area contributed by atoms with Crippen molar-refractivity contribution in [1.29, 1.82) is 0 Å². The first-order valence-electron chi connectivity index (χ1n) is 6.15. The number of benzene rings is 1. The normalized spacial score (nSPS) is 21.3. The first-order chi connectivity index (χ1) is 8.66. The molecular weight excluding hydrogens is 230 g/mol. The first kappa shape index (κ1) is 12.9. The Balaban J connectivity index is 1.91. The molecule has 4 N–H and O–H groups in total. The molecule has 1 aliphatic rings. The van der Waals surface area contributed by atoms with E-state index < -0.39 is 0 Å². The lowest BCUT2D eigenvalue weighted by molar-refractivity contribution is 0.00860. The fourth-order valence-corrected chi connectivity index (χ4v) is 1.92. The maximum absolute atomic E-state index is 12.0. The van der Waals surface area contributed by atoms with Gasteiger partial charge in [-0.25, -0.2) is 0 Å². The van der Waals surface area contributed by atoms with Gasteiger partial charge in [-0.15, -0.1) is 0 Å². The monoisotopic (exact) mass is 249 g/mol. The Morgan fingerprint density at radius 3 is 2.83 bits per heavy atom. The average molecular weight is 249 g/mol. The smallest absolute Gasteiger partial charge is 0.251 e. The van der Waals surface area contributed by atoms with E-state index in [0.29, 0.717) is 17.9 Å². The molecule has 2 atom stereocenters. The molecule has 0 aromatic heterocycles. The van der Waals surface area contributed by atoms with Gasteiger partial charge < -0.3 is 21.1 Å². The van der Waals surface area contributed by atoms with Crippen LogP contribution in [0.4, 0.5) is 5.69 Å². The SMILES string of the molecule is CC(NC(=O)c1ccc(N)cc1)C1CNCCO1. The number of carbonyl (C=O) groups excluding carboxylic acids is 1. The average Bonchev–Trinajstić information content (AvgIpc) is 2.40. The van der Waals surface area contributed by atoms with Crippen molar-refractivity contribution in [3.8, 4) is 0 Å². The second-order valence-electron chi connectivity index (χ2n) is 4.50. The summed E-state index contributed by atoms with van der Waals surface area (Å²) in [5.74, 6) is -0.100. The highest BCUT2D eigenvalue weighted by atomic mass is 16.5. The van der Waals surface area contributed by atoms with E-state index in [4.69, 9.17) is 10.5 Å². The third-order valence-electron chi connectivity index (χ3n) is 3.05. The largest absolute Gasteiger partial charge is 0.399 e. The molecule has 1 fully saturated rings. The van der Waals surface area contributed by atoms with Crippen molar-refractivity contribution in [3.63, 3.8) is 0 Å². The number of amides is 1. The Morgan fingerprint density at radius 1 is 1.50 bits per heavy atom. The molecule has 5 heteroatoms. The third kappa shape index (κ3) is 3.21. The van der Waals surface area contributed by atoms with Gasteiger partial charge in [-0.1, -0.05) is 0 Å². The van der Waals surface area contributed by atoms with Gasteiger partial charge in [0.2, 0.25) is 0 Å². The lowest BCUT2D eigenvalue weighted by Crippen LogP contribution is -2.50. The molecule has 1 aromatic rings. The predicted octanol–water partition coefficient (Wildman–Crippen LogP) is 0.376. The lowest BCUT2D eigenvalue weighted by atomic mass is 10.1. The summed E-state index contributed by atoms with van der Waals surface area (Å²) >= 11 is 0. The predicted molar refractivity (Wildman–Crippen MR) is 70.4 cm³/mol. The molecule has 98 valence electrons. The third-order valence-corrected chi connectivity index (χ3v) is 3.05. The van der Waals surface area contributed by atoms with E-state index in [9.17, 15) is 4.79 Å². The Morgan fingerprint density at radius 2 is 2.22 bits per heavy atom. The van der Waals surface area contributed by atoms with Crippen molar-refractivity contribution >= 4 is 11.6 Å². The standard InChI is InChI=1S/C13H19N3O2/c1-9(12-8-15-6-7-18-12)16-13(17)10-2-4-11(14)5-3-10/h2-5,9,12,15H,6-8,14H2,1H3,(H,16,17). The van der Waals surface area contributed by atoms with Crippen molar-refractivity contribution in [2.24, 2.45) is 0 Å². The fraction of sp³-hybridized carbons (Fsp3) is 0.462. The van der Waals surface area contributed by atoms with Crippen LogP contribution in [0.5, 0.6) is 0 Å². The van der Waals surface area contributed by atoms with Gasteiger partial charge in [0.1, 0.15) is 0 Å². The molecule has 0 bridgehead atoms. The number of anilines is 1. The number of rotatable bonds is 3. The van der Waals surface area contributed by atoms with Gasteiger partial charge in [-0.2, -0.15) is 0 Å². The Kier molecular flexibility index (Phi) is 4.17. The highest BCUT2D eigenvalue weighted by Gasteiger charge is 2.22. The molecule has 1 saturated heterocycles. The van der Waals surface area contributed by atoms with E-state index in [1.165, 1.54) is 0 Å². The topological polar surface area (TPSA) is 76.4 Å². The summed E-state index contributed by atoms with van der Waals surface area (Å²) in [6.45, 7) is 4.28. The maximum atomic E-state index is 12.0. The lowest BCUT2D eigenvalue weighted by Gasteiger charge is -2.29. The molecule has 0 aliphatic carbocycles. The molecule has 2 rings (SSSR count). The Bertz CT molecular complexity index is 399. The van der Waals surface area contributed by atoms with Gasteiger partial charge in [0.15, 0.2) is 0 Å².